The molecule has 1 aliphatic heterocycles. The molecule has 3 aromatic rings. The number of benzene rings is 1. The maximum atomic E-state index is 12.7. The Morgan fingerprint density at radius 3 is 2.52 bits per heavy atom. The number of anilines is 1. The lowest BCUT2D eigenvalue weighted by Crippen LogP contribution is -2.45. The predicted octanol–water partition coefficient (Wildman–Crippen LogP) is 4.03. The van der Waals surface area contributed by atoms with E-state index in [0.717, 1.165) is 23.7 Å². The maximum absolute atomic E-state index is 12.7. The third kappa shape index (κ3) is 5.09. The van der Waals surface area contributed by atoms with Gasteiger partial charge in [0.15, 0.2) is 0 Å². The smallest absolute Gasteiger partial charge is 0.325 e. The number of pyridine rings is 1. The van der Waals surface area contributed by atoms with Crippen molar-refractivity contribution in [3.63, 3.8) is 0 Å². The van der Waals surface area contributed by atoms with Crippen molar-refractivity contribution in [1.82, 2.24) is 19.8 Å². The highest BCUT2D eigenvalue weighted by atomic mass is 16.5. The highest BCUT2D eigenvalue weighted by molar-refractivity contribution is 5.92. The number of carbonyl (C=O) groups excluding carboxylic acids is 2. The van der Waals surface area contributed by atoms with Crippen LogP contribution < -0.4 is 15.4 Å². The molecule has 0 spiro atoms. The molecule has 0 unspecified atom stereocenters. The summed E-state index contributed by atoms with van der Waals surface area (Å²) in [4.78, 5) is 30.6. The second-order valence-corrected chi connectivity index (χ2v) is 8.79. The fraction of sp³-hybridized carbons (Fsp3) is 0.375. The third-order valence-electron chi connectivity index (χ3n) is 6.08. The minimum absolute atomic E-state index is 0.182. The van der Waals surface area contributed by atoms with Crippen LogP contribution in [-0.2, 0) is 0 Å². The maximum Gasteiger partial charge on any atom is 0.325 e. The van der Waals surface area contributed by atoms with Gasteiger partial charge in [0.1, 0.15) is 17.3 Å². The summed E-state index contributed by atoms with van der Waals surface area (Å²) in [5.41, 5.74) is 0.0434. The summed E-state index contributed by atoms with van der Waals surface area (Å²) in [6.07, 6.45) is 4.80. The summed E-state index contributed by atoms with van der Waals surface area (Å²) in [6.45, 7) is 4.81. The zero-order chi connectivity index (χ0) is 23.6. The van der Waals surface area contributed by atoms with Crippen molar-refractivity contribution in [3.8, 4) is 11.5 Å². The monoisotopic (exact) mass is 451 g/mol. The quantitative estimate of drug-likeness (QED) is 0.555. The SMILES string of the molecule is CNC(=O)n1ccc2cc(Oc3ccnc(NC(=O)N4CCC(C(C)(C)O)CC4)c3)ccc21. The van der Waals surface area contributed by atoms with Gasteiger partial charge in [-0.05, 0) is 62.9 Å². The van der Waals surface area contributed by atoms with Crippen LogP contribution in [0.15, 0.2) is 48.8 Å². The second-order valence-electron chi connectivity index (χ2n) is 8.79. The van der Waals surface area contributed by atoms with E-state index in [-0.39, 0.29) is 18.0 Å². The van der Waals surface area contributed by atoms with Gasteiger partial charge in [0.2, 0.25) is 0 Å². The molecule has 3 amide bonds. The van der Waals surface area contributed by atoms with Gasteiger partial charge in [-0.2, -0.15) is 0 Å². The average molecular weight is 452 g/mol. The number of aliphatic hydroxyl groups is 1. The van der Waals surface area contributed by atoms with Crippen LogP contribution in [0.2, 0.25) is 0 Å². The Bertz CT molecular complexity index is 1160. The molecule has 0 atom stereocenters. The predicted molar refractivity (Wildman–Crippen MR) is 126 cm³/mol. The van der Waals surface area contributed by atoms with Gasteiger partial charge < -0.3 is 20.1 Å². The summed E-state index contributed by atoms with van der Waals surface area (Å²) in [5.74, 6) is 1.72. The average Bonchev–Trinajstić information content (AvgIpc) is 3.21. The number of likely N-dealkylation sites (tertiary alicyclic amines) is 1. The number of amides is 3. The zero-order valence-corrected chi connectivity index (χ0v) is 19.0. The van der Waals surface area contributed by atoms with E-state index < -0.39 is 5.60 Å². The minimum Gasteiger partial charge on any atom is -0.457 e. The molecule has 0 saturated carbocycles. The third-order valence-corrected chi connectivity index (χ3v) is 6.08. The van der Waals surface area contributed by atoms with Gasteiger partial charge >= 0.3 is 12.1 Å². The van der Waals surface area contributed by atoms with Crippen molar-refractivity contribution in [2.75, 3.05) is 25.5 Å². The first-order chi connectivity index (χ1) is 15.7. The highest BCUT2D eigenvalue weighted by Gasteiger charge is 2.32. The topological polar surface area (TPSA) is 109 Å². The van der Waals surface area contributed by atoms with Crippen LogP contribution >= 0.6 is 0 Å². The number of hydrogen-bond acceptors (Lipinski definition) is 5. The van der Waals surface area contributed by atoms with Gasteiger partial charge in [-0.15, -0.1) is 0 Å². The lowest BCUT2D eigenvalue weighted by atomic mass is 9.83. The van der Waals surface area contributed by atoms with Crippen LogP contribution in [0.1, 0.15) is 26.7 Å². The molecule has 3 heterocycles. The van der Waals surface area contributed by atoms with Crippen molar-refractivity contribution >= 4 is 28.8 Å². The molecule has 174 valence electrons. The molecule has 0 aliphatic carbocycles. The number of ether oxygens (including phenoxy) is 1. The van der Waals surface area contributed by atoms with Gasteiger partial charge in [0.25, 0.3) is 0 Å². The summed E-state index contributed by atoms with van der Waals surface area (Å²) in [6, 6.07) is 10.3. The van der Waals surface area contributed by atoms with Gasteiger partial charge in [0.05, 0.1) is 11.1 Å². The molecule has 0 bridgehead atoms. The Morgan fingerprint density at radius 1 is 1.09 bits per heavy atom. The Morgan fingerprint density at radius 2 is 1.82 bits per heavy atom. The van der Waals surface area contributed by atoms with Crippen LogP contribution in [0, 0.1) is 5.92 Å². The second kappa shape index (κ2) is 9.11. The lowest BCUT2D eigenvalue weighted by Gasteiger charge is -2.37. The van der Waals surface area contributed by atoms with E-state index in [0.29, 0.717) is 30.4 Å². The molecule has 0 radical (unpaired) electrons. The van der Waals surface area contributed by atoms with E-state index in [4.69, 9.17) is 4.74 Å². The fourth-order valence-electron chi connectivity index (χ4n) is 4.14. The molecule has 1 fully saturated rings. The van der Waals surface area contributed by atoms with Crippen molar-refractivity contribution in [2.24, 2.45) is 5.92 Å². The molecular formula is C24H29N5O4. The zero-order valence-electron chi connectivity index (χ0n) is 19.0. The van der Waals surface area contributed by atoms with E-state index in [2.05, 4.69) is 15.6 Å². The number of urea groups is 1. The molecular weight excluding hydrogens is 422 g/mol. The lowest BCUT2D eigenvalue weighted by molar-refractivity contribution is -0.00705. The van der Waals surface area contributed by atoms with Crippen LogP contribution in [0.3, 0.4) is 0 Å². The molecule has 2 aromatic heterocycles. The van der Waals surface area contributed by atoms with Crippen LogP contribution in [0.5, 0.6) is 11.5 Å². The van der Waals surface area contributed by atoms with E-state index >= 15 is 0 Å². The first-order valence-electron chi connectivity index (χ1n) is 11.0. The normalized spacial score (nSPS) is 14.8. The number of rotatable bonds is 4. The standard InChI is InChI=1S/C24H29N5O4/c1-24(2,32)17-8-11-28(12-9-17)23(31)27-21-15-19(6-10-26-21)33-18-4-5-20-16(14-18)7-13-29(20)22(30)25-3/h4-7,10,13-15,17,32H,8-9,11-12H2,1-3H3,(H,25,30)(H,26,27,31). The number of piperidine rings is 1. The fourth-order valence-corrected chi connectivity index (χ4v) is 4.14. The summed E-state index contributed by atoms with van der Waals surface area (Å²) < 4.78 is 7.49. The summed E-state index contributed by atoms with van der Waals surface area (Å²) in [5, 5.41) is 16.5. The number of hydrogen-bond donors (Lipinski definition) is 3. The van der Waals surface area contributed by atoms with Crippen molar-refractivity contribution in [3.05, 3.63) is 48.8 Å². The van der Waals surface area contributed by atoms with Gasteiger partial charge in [-0.3, -0.25) is 9.88 Å². The first kappa shape index (κ1) is 22.6. The number of nitrogens with one attached hydrogen (secondary N) is 2. The first-order valence-corrected chi connectivity index (χ1v) is 11.0. The van der Waals surface area contributed by atoms with E-state index in [9.17, 15) is 14.7 Å². The Labute approximate surface area is 192 Å². The van der Waals surface area contributed by atoms with E-state index in [1.807, 2.05) is 32.0 Å². The van der Waals surface area contributed by atoms with Crippen LogP contribution in [-0.4, -0.2) is 57.4 Å². The van der Waals surface area contributed by atoms with Crippen molar-refractivity contribution in [1.29, 1.82) is 0 Å². The van der Waals surface area contributed by atoms with Crippen LogP contribution in [0.4, 0.5) is 15.4 Å². The number of fused-ring (bicyclic) bond motifs is 1. The molecule has 1 aromatic carbocycles. The number of carbonyl (C=O) groups is 2. The minimum atomic E-state index is -0.732. The van der Waals surface area contributed by atoms with Gasteiger partial charge in [-0.1, -0.05) is 0 Å². The summed E-state index contributed by atoms with van der Waals surface area (Å²) in [7, 11) is 1.59. The molecule has 1 aliphatic rings. The molecule has 9 nitrogen and oxygen atoms in total. The largest absolute Gasteiger partial charge is 0.457 e. The Hall–Kier alpha value is -3.59. The highest BCUT2D eigenvalue weighted by Crippen LogP contribution is 2.29. The molecule has 33 heavy (non-hydrogen) atoms. The van der Waals surface area contributed by atoms with Gasteiger partial charge in [-0.25, -0.2) is 14.6 Å². The Balaban J connectivity index is 1.40. The molecule has 9 heteroatoms. The summed E-state index contributed by atoms with van der Waals surface area (Å²) >= 11 is 0. The van der Waals surface area contributed by atoms with E-state index in [1.54, 1.807) is 42.5 Å². The Kier molecular flexibility index (Phi) is 6.24. The molecule has 3 N–H and O–H groups in total. The molecule has 1 saturated heterocycles. The number of aromatic nitrogens is 2. The number of nitrogens with zero attached hydrogens (tertiary/aromatic N) is 3. The van der Waals surface area contributed by atoms with Crippen molar-refractivity contribution in [2.45, 2.75) is 32.3 Å². The van der Waals surface area contributed by atoms with Gasteiger partial charge in [0, 0.05) is 44.0 Å². The van der Waals surface area contributed by atoms with E-state index in [1.165, 1.54) is 4.57 Å². The molecule has 4 rings (SSSR count). The van der Waals surface area contributed by atoms with Crippen LogP contribution in [0.25, 0.3) is 10.9 Å². The van der Waals surface area contributed by atoms with Crippen molar-refractivity contribution < 1.29 is 19.4 Å².